The van der Waals surface area contributed by atoms with Crippen molar-refractivity contribution in [1.82, 2.24) is 9.55 Å². The Morgan fingerprint density at radius 2 is 1.08 bits per heavy atom. The van der Waals surface area contributed by atoms with Gasteiger partial charge in [0, 0.05) is 45.3 Å². The molecule has 0 unspecified atom stereocenters. The Morgan fingerprint density at radius 1 is 0.429 bits per heavy atom. The van der Waals surface area contributed by atoms with Crippen LogP contribution in [0, 0.1) is 0 Å². The number of pyridine rings is 1. The second kappa shape index (κ2) is 18.0. The van der Waals surface area contributed by atoms with Gasteiger partial charge < -0.3 is 14.5 Å². The summed E-state index contributed by atoms with van der Waals surface area (Å²) < 4.78 is 52.4. The molecule has 0 amide bonds. The molecule has 0 spiro atoms. The number of nitrogens with zero attached hydrogens (tertiary/aromatic N) is 4. The van der Waals surface area contributed by atoms with Gasteiger partial charge in [-0.2, -0.15) is 0 Å². The van der Waals surface area contributed by atoms with E-state index in [-0.39, 0.29) is 46.0 Å². The van der Waals surface area contributed by atoms with E-state index < -0.39 is 6.04 Å². The van der Waals surface area contributed by atoms with Crippen LogP contribution in [0.15, 0.2) is 212 Å². The van der Waals surface area contributed by atoms with Crippen LogP contribution in [-0.2, 0) is 16.2 Å². The molecule has 0 aliphatic carbocycles. The molecule has 0 radical (unpaired) electrons. The number of ether oxygens (including phenoxy) is 1. The van der Waals surface area contributed by atoms with Crippen molar-refractivity contribution in [1.29, 1.82) is 0 Å². The summed E-state index contributed by atoms with van der Waals surface area (Å²) in [4.78, 5) is 10.5. The van der Waals surface area contributed by atoms with E-state index >= 15 is 0 Å². The molecule has 13 rings (SSSR count). The lowest BCUT2D eigenvalue weighted by atomic mass is 9.80. The van der Waals surface area contributed by atoms with Crippen LogP contribution in [0.5, 0.6) is 11.5 Å². The molecule has 0 saturated heterocycles. The summed E-state index contributed by atoms with van der Waals surface area (Å²) in [6.45, 7) is 21.0. The number of fused-ring (bicyclic) bond motifs is 23. The van der Waals surface area contributed by atoms with E-state index in [9.17, 15) is 0 Å². The van der Waals surface area contributed by atoms with Crippen LogP contribution in [0.3, 0.4) is 0 Å². The molecule has 0 atom stereocenters. The fraction of sp³-hybridized carbons (Fsp3) is 0.181. The molecule has 5 nitrogen and oxygen atoms in total. The van der Waals surface area contributed by atoms with Crippen molar-refractivity contribution in [2.45, 2.75) is 78.6 Å². The average Bonchev–Trinajstić information content (AvgIpc) is 4.14. The molecule has 2 aliphatic heterocycles. The van der Waals surface area contributed by atoms with Crippen LogP contribution in [0.1, 0.15) is 85.9 Å². The van der Waals surface area contributed by atoms with E-state index in [1.807, 2.05) is 30.3 Å². The smallest absolute Gasteiger partial charge is 0.138 e. The quantitative estimate of drug-likeness (QED) is 0.173. The fourth-order valence-corrected chi connectivity index (χ4v) is 11.3. The van der Waals surface area contributed by atoms with Gasteiger partial charge in [0.1, 0.15) is 24.0 Å². The lowest BCUT2D eigenvalue weighted by Crippen LogP contribution is -2.25. The molecular weight excluding hydrogens is 937 g/mol. The van der Waals surface area contributed by atoms with Gasteiger partial charge in [-0.15, -0.1) is 0 Å². The minimum Gasteiger partial charge on any atom is -0.457 e. The zero-order valence-electron chi connectivity index (χ0n) is 50.2. The number of para-hydroxylation sites is 2. The summed E-state index contributed by atoms with van der Waals surface area (Å²) in [5, 5.41) is 1.72. The highest BCUT2D eigenvalue weighted by molar-refractivity contribution is 6.11. The molecule has 10 bridgehead atoms. The number of hydrogen-bond acceptors (Lipinski definition) is 4. The van der Waals surface area contributed by atoms with Crippen molar-refractivity contribution in [2.24, 2.45) is 0 Å². The molecule has 11 aromatic rings. The maximum absolute atomic E-state index is 8.92. The molecule has 0 N–H and O–H groups in total. The second-order valence-electron chi connectivity index (χ2n) is 23.8. The maximum atomic E-state index is 8.92. The topological polar surface area (TPSA) is 33.5 Å². The maximum Gasteiger partial charge on any atom is 0.138 e. The first-order valence-corrected chi connectivity index (χ1v) is 26.7. The summed E-state index contributed by atoms with van der Waals surface area (Å²) in [5.41, 5.74) is 18.2. The third-order valence-electron chi connectivity index (χ3n) is 15.5. The monoisotopic (exact) mass is 1010 g/mol. The normalized spacial score (nSPS) is 14.2. The first-order chi connectivity index (χ1) is 39.1. The van der Waals surface area contributed by atoms with Crippen molar-refractivity contribution in [3.8, 4) is 73.1 Å². The van der Waals surface area contributed by atoms with Gasteiger partial charge in [0.2, 0.25) is 0 Å². The number of benzene rings is 9. The van der Waals surface area contributed by atoms with E-state index in [1.165, 1.54) is 11.1 Å². The molecule has 378 valence electrons. The molecule has 2 aromatic heterocycles. The summed E-state index contributed by atoms with van der Waals surface area (Å²) in [7, 11) is 0. The van der Waals surface area contributed by atoms with Crippen molar-refractivity contribution in [3.05, 3.63) is 229 Å². The lowest BCUT2D eigenvalue weighted by molar-refractivity contribution is 0.483. The average molecular weight is 1010 g/mol. The van der Waals surface area contributed by atoms with Gasteiger partial charge in [-0.1, -0.05) is 184 Å². The van der Waals surface area contributed by atoms with Crippen LogP contribution in [0.4, 0.5) is 22.7 Å². The van der Waals surface area contributed by atoms with Crippen molar-refractivity contribution in [3.63, 3.8) is 0 Å². The van der Waals surface area contributed by atoms with E-state index in [0.29, 0.717) is 29.5 Å². The van der Waals surface area contributed by atoms with Gasteiger partial charge in [0.15, 0.2) is 0 Å². The molecule has 5 heteroatoms. The third-order valence-corrected chi connectivity index (χ3v) is 15.5. The summed E-state index contributed by atoms with van der Waals surface area (Å²) in [6, 6.07) is 63.3. The van der Waals surface area contributed by atoms with Gasteiger partial charge >= 0.3 is 0 Å². The van der Waals surface area contributed by atoms with Crippen LogP contribution < -0.4 is 14.5 Å². The molecule has 4 heterocycles. The molecule has 0 fully saturated rings. The van der Waals surface area contributed by atoms with Crippen LogP contribution >= 0.6 is 0 Å². The van der Waals surface area contributed by atoms with Crippen LogP contribution in [0.25, 0.3) is 83.4 Å². The van der Waals surface area contributed by atoms with Gasteiger partial charge in [-0.3, -0.25) is 4.57 Å². The van der Waals surface area contributed by atoms with Gasteiger partial charge in [-0.05, 0) is 145 Å². The third kappa shape index (κ3) is 8.55. The van der Waals surface area contributed by atoms with Crippen LogP contribution in [0.2, 0.25) is 0 Å². The summed E-state index contributed by atoms with van der Waals surface area (Å²) in [5.74, 6) is 2.00. The fourth-order valence-electron chi connectivity index (χ4n) is 11.3. The Labute approximate surface area is 460 Å². The van der Waals surface area contributed by atoms with E-state index in [0.717, 1.165) is 94.8 Å². The standard InChI is InChI=1S/C72H64N4O/c1-70(2,3)51-25-18-23-49(37-51)60-39-52(71(4,5)6)40-62-58-29-14-13-28-57(58)48-22-17-24-50(36-48)63-41-53(72(7,8)9)42-68(73-63)76-64-35-32-47(46-20-11-10-12-21-46)38-61(64)59-34-33-56(44-67(59)76)77-55-27-19-26-54(43-55)74-45-75(69(60)62)66-31-16-15-30-65(66)74/h10-44H,45H2,1-9H3/i10D,11D,12D,20D,21D. The Morgan fingerprint density at radius 3 is 1.84 bits per heavy atom. The predicted molar refractivity (Wildman–Crippen MR) is 324 cm³/mol. The minimum atomic E-state index is -0.424. The van der Waals surface area contributed by atoms with E-state index in [2.05, 4.69) is 228 Å². The van der Waals surface area contributed by atoms with Crippen molar-refractivity contribution < 1.29 is 11.6 Å². The highest BCUT2D eigenvalue weighted by atomic mass is 16.5. The number of aromatic nitrogens is 2. The summed E-state index contributed by atoms with van der Waals surface area (Å²) in [6.07, 6.45) is 0. The predicted octanol–water partition coefficient (Wildman–Crippen LogP) is 19.8. The number of anilines is 4. The van der Waals surface area contributed by atoms with Gasteiger partial charge in [0.25, 0.3) is 0 Å². The Balaban J connectivity index is 1.11. The Kier molecular flexibility index (Phi) is 9.94. The lowest BCUT2D eigenvalue weighted by Gasteiger charge is -2.31. The molecule has 2 aliphatic rings. The van der Waals surface area contributed by atoms with E-state index in [1.54, 1.807) is 0 Å². The van der Waals surface area contributed by atoms with Crippen molar-refractivity contribution >= 4 is 44.6 Å². The van der Waals surface area contributed by atoms with Gasteiger partial charge in [0.05, 0.1) is 40.6 Å². The largest absolute Gasteiger partial charge is 0.457 e. The molecule has 77 heavy (non-hydrogen) atoms. The SMILES string of the molecule is [2H]c1c([2H])c([2H])c(-c2ccc3c(c2)c2ccc4cc2n3-c2cc(C(C)(C)C)cc(n2)-c2cccc(c2)-c2ccccc2-c2cc(C(C)(C)C)cc(-c3cccc(C(C)(C)C)c3)c2N2CN(c3cccc(c3)O4)c3ccccc32)c([2H])c1[2H]. The first kappa shape index (κ1) is 42.5. The van der Waals surface area contributed by atoms with Crippen molar-refractivity contribution in [2.75, 3.05) is 16.5 Å². The summed E-state index contributed by atoms with van der Waals surface area (Å²) >= 11 is 0. The second-order valence-corrected chi connectivity index (χ2v) is 23.8. The zero-order chi connectivity index (χ0) is 57.3. The number of hydrogen-bond donors (Lipinski definition) is 0. The Bertz CT molecular complexity index is 4410. The Hall–Kier alpha value is -8.67. The minimum absolute atomic E-state index is 0.0718. The van der Waals surface area contributed by atoms with E-state index in [4.69, 9.17) is 16.6 Å². The highest BCUT2D eigenvalue weighted by Gasteiger charge is 2.34. The first-order valence-electron chi connectivity index (χ1n) is 29.2. The highest BCUT2D eigenvalue weighted by Crippen LogP contribution is 2.53. The molecule has 0 saturated carbocycles. The molecule has 9 aromatic carbocycles. The van der Waals surface area contributed by atoms with Gasteiger partial charge in [-0.25, -0.2) is 4.98 Å². The zero-order valence-corrected chi connectivity index (χ0v) is 45.2. The number of rotatable bonds is 2. The molecular formula is C72H64N4O. The van der Waals surface area contributed by atoms with Crippen LogP contribution in [-0.4, -0.2) is 16.2 Å².